The largest absolute Gasteiger partial charge is 0.289 e. The molecule has 0 heterocycles. The van der Waals surface area contributed by atoms with E-state index in [4.69, 9.17) is 0 Å². The van der Waals surface area contributed by atoms with Crippen LogP contribution in [0.4, 0.5) is 0 Å². The molecular weight excluding hydrogens is 224 g/mol. The van der Waals surface area contributed by atoms with Crippen molar-refractivity contribution in [2.24, 2.45) is 0 Å². The van der Waals surface area contributed by atoms with Gasteiger partial charge in [-0.05, 0) is 13.8 Å². The highest BCUT2D eigenvalue weighted by molar-refractivity contribution is 6.27. The Morgan fingerprint density at radius 1 is 0.944 bits per heavy atom. The summed E-state index contributed by atoms with van der Waals surface area (Å²) in [5.74, 6) is -0.117. The second kappa shape index (κ2) is 6.10. The van der Waals surface area contributed by atoms with Gasteiger partial charge in [-0.1, -0.05) is 50.3 Å². The molecule has 0 spiro atoms. The minimum absolute atomic E-state index is 0.0525. The van der Waals surface area contributed by atoms with Crippen LogP contribution in [0.5, 0.6) is 0 Å². The topological polar surface area (TPSA) is 34.1 Å². The summed E-state index contributed by atoms with van der Waals surface area (Å²) in [7, 11) is 0. The van der Waals surface area contributed by atoms with Crippen LogP contribution in [0, 0.1) is 0 Å². The Balaban J connectivity index is 0.000000771. The van der Waals surface area contributed by atoms with E-state index in [1.165, 1.54) is 0 Å². The lowest BCUT2D eigenvalue weighted by Crippen LogP contribution is -2.19. The summed E-state index contributed by atoms with van der Waals surface area (Å²) in [5.41, 5.74) is 2.05. The van der Waals surface area contributed by atoms with Crippen LogP contribution in [0.15, 0.2) is 47.6 Å². The van der Waals surface area contributed by atoms with Gasteiger partial charge in [0.15, 0.2) is 11.6 Å². The second-order valence-corrected chi connectivity index (χ2v) is 3.74. The van der Waals surface area contributed by atoms with E-state index in [1.54, 1.807) is 43.3 Å². The van der Waals surface area contributed by atoms with Crippen molar-refractivity contribution in [3.05, 3.63) is 58.7 Å². The Morgan fingerprint density at radius 3 is 1.94 bits per heavy atom. The van der Waals surface area contributed by atoms with Gasteiger partial charge < -0.3 is 0 Å². The van der Waals surface area contributed by atoms with Crippen molar-refractivity contribution in [3.8, 4) is 0 Å². The molecule has 0 unspecified atom stereocenters. The Bertz CT molecular complexity index is 534. The lowest BCUT2D eigenvalue weighted by molar-refractivity contribution is 0.0978. The lowest BCUT2D eigenvalue weighted by atomic mass is 9.84. The van der Waals surface area contributed by atoms with E-state index in [0.29, 0.717) is 22.3 Å². The Labute approximate surface area is 108 Å². The number of Topliss-reactive ketones (excluding diaryl/α,β-unsaturated/α-hetero) is 2. The van der Waals surface area contributed by atoms with Gasteiger partial charge in [0.05, 0.1) is 0 Å². The van der Waals surface area contributed by atoms with Crippen LogP contribution < -0.4 is 0 Å². The first-order chi connectivity index (χ1) is 8.66. The van der Waals surface area contributed by atoms with E-state index < -0.39 is 0 Å². The van der Waals surface area contributed by atoms with E-state index in [-0.39, 0.29) is 11.6 Å². The van der Waals surface area contributed by atoms with Crippen LogP contribution in [0.1, 0.15) is 48.4 Å². The molecule has 0 N–H and O–H groups in total. The van der Waals surface area contributed by atoms with Crippen LogP contribution in [-0.4, -0.2) is 11.6 Å². The molecule has 0 aliphatic heterocycles. The van der Waals surface area contributed by atoms with Crippen molar-refractivity contribution in [3.63, 3.8) is 0 Å². The van der Waals surface area contributed by atoms with Crippen molar-refractivity contribution in [1.82, 2.24) is 0 Å². The number of ketones is 2. The number of fused-ring (bicyclic) bond motifs is 1. The first kappa shape index (κ1) is 14.1. The number of carbonyl (C=O) groups is 2. The molecule has 0 fully saturated rings. The van der Waals surface area contributed by atoms with Crippen molar-refractivity contribution >= 4 is 11.6 Å². The van der Waals surface area contributed by atoms with Crippen molar-refractivity contribution in [2.75, 3.05) is 0 Å². The van der Waals surface area contributed by atoms with Crippen molar-refractivity contribution in [2.45, 2.75) is 27.7 Å². The molecule has 2 nitrogen and oxygen atoms in total. The first-order valence-corrected chi connectivity index (χ1v) is 6.18. The summed E-state index contributed by atoms with van der Waals surface area (Å²) in [6.45, 7) is 7.53. The summed E-state index contributed by atoms with van der Waals surface area (Å²) >= 11 is 0. The quantitative estimate of drug-likeness (QED) is 0.746. The molecule has 0 atom stereocenters. The van der Waals surface area contributed by atoms with Crippen LogP contribution in [0.2, 0.25) is 0 Å². The molecule has 1 aliphatic rings. The minimum atomic E-state index is -0.0641. The van der Waals surface area contributed by atoms with Gasteiger partial charge in [-0.25, -0.2) is 0 Å². The summed E-state index contributed by atoms with van der Waals surface area (Å²) in [6, 6.07) is 6.95. The van der Waals surface area contributed by atoms with Crippen molar-refractivity contribution < 1.29 is 9.59 Å². The number of benzene rings is 1. The number of rotatable bonds is 1. The average Bonchev–Trinajstić information content (AvgIpc) is 2.43. The van der Waals surface area contributed by atoms with Gasteiger partial charge in [-0.2, -0.15) is 0 Å². The maximum atomic E-state index is 12.1. The van der Waals surface area contributed by atoms with Gasteiger partial charge in [0.1, 0.15) is 0 Å². The fourth-order valence-corrected chi connectivity index (χ4v) is 1.89. The van der Waals surface area contributed by atoms with Gasteiger partial charge >= 0.3 is 0 Å². The van der Waals surface area contributed by atoms with Gasteiger partial charge in [-0.15, -0.1) is 0 Å². The van der Waals surface area contributed by atoms with Crippen LogP contribution >= 0.6 is 0 Å². The van der Waals surface area contributed by atoms with Crippen molar-refractivity contribution in [1.29, 1.82) is 0 Å². The van der Waals surface area contributed by atoms with Gasteiger partial charge in [0.2, 0.25) is 0 Å². The highest BCUT2D eigenvalue weighted by Gasteiger charge is 2.27. The number of carbonyl (C=O) groups excluding carboxylic acids is 2. The van der Waals surface area contributed by atoms with Crippen LogP contribution in [-0.2, 0) is 0 Å². The molecule has 2 rings (SSSR count). The molecule has 94 valence electrons. The van der Waals surface area contributed by atoms with Gasteiger partial charge in [-0.3, -0.25) is 9.59 Å². The monoisotopic (exact) mass is 242 g/mol. The third-order valence-corrected chi connectivity index (χ3v) is 2.74. The zero-order valence-electron chi connectivity index (χ0n) is 11.3. The molecule has 2 heteroatoms. The summed E-state index contributed by atoms with van der Waals surface area (Å²) in [5, 5.41) is 0. The predicted octanol–water partition coefficient (Wildman–Crippen LogP) is 3.98. The third-order valence-electron chi connectivity index (χ3n) is 2.74. The Morgan fingerprint density at radius 2 is 1.44 bits per heavy atom. The van der Waals surface area contributed by atoms with E-state index in [9.17, 15) is 9.59 Å². The zero-order valence-corrected chi connectivity index (χ0v) is 11.3. The first-order valence-electron chi connectivity index (χ1n) is 6.18. The molecule has 0 radical (unpaired) electrons. The number of hydrogen-bond donors (Lipinski definition) is 0. The van der Waals surface area contributed by atoms with E-state index in [0.717, 1.165) is 0 Å². The van der Waals surface area contributed by atoms with E-state index in [1.807, 2.05) is 20.8 Å². The maximum Gasteiger partial charge on any atom is 0.194 e. The van der Waals surface area contributed by atoms with Gasteiger partial charge in [0, 0.05) is 22.3 Å². The van der Waals surface area contributed by atoms with E-state index in [2.05, 4.69) is 0 Å². The lowest BCUT2D eigenvalue weighted by Gasteiger charge is -2.16. The smallest absolute Gasteiger partial charge is 0.194 e. The van der Waals surface area contributed by atoms with Gasteiger partial charge in [0.25, 0.3) is 0 Å². The fourth-order valence-electron chi connectivity index (χ4n) is 1.89. The molecule has 0 aromatic heterocycles. The Kier molecular flexibility index (Phi) is 4.78. The maximum absolute atomic E-state index is 12.1. The average molecular weight is 242 g/mol. The summed E-state index contributed by atoms with van der Waals surface area (Å²) < 4.78 is 0. The SMILES string of the molecule is C/C=C\C1=C(C)C(=O)c2ccccc2C1=O.CC. The normalized spacial score (nSPS) is 14.4. The minimum Gasteiger partial charge on any atom is -0.289 e. The molecule has 0 saturated heterocycles. The molecular formula is C16H18O2. The Hall–Kier alpha value is -1.96. The molecule has 1 aliphatic carbocycles. The summed E-state index contributed by atoms with van der Waals surface area (Å²) in [4.78, 5) is 24.1. The highest BCUT2D eigenvalue weighted by atomic mass is 16.1. The highest BCUT2D eigenvalue weighted by Crippen LogP contribution is 2.26. The molecule has 1 aromatic carbocycles. The summed E-state index contributed by atoms with van der Waals surface area (Å²) in [6.07, 6.45) is 3.48. The van der Waals surface area contributed by atoms with Crippen LogP contribution in [0.25, 0.3) is 0 Å². The number of hydrogen-bond acceptors (Lipinski definition) is 2. The standard InChI is InChI=1S/C14H12O2.C2H6/c1-3-6-10-9(2)13(15)11-7-4-5-8-12(11)14(10)16;1-2/h3-8H,1-2H3;1-2H3/b6-3-;. The second-order valence-electron chi connectivity index (χ2n) is 3.74. The molecule has 0 saturated carbocycles. The molecule has 0 amide bonds. The molecule has 18 heavy (non-hydrogen) atoms. The van der Waals surface area contributed by atoms with Crippen LogP contribution in [0.3, 0.4) is 0 Å². The van der Waals surface area contributed by atoms with E-state index >= 15 is 0 Å². The molecule has 1 aromatic rings. The number of allylic oxidation sites excluding steroid dienone is 4. The fraction of sp³-hybridized carbons (Fsp3) is 0.250. The third kappa shape index (κ3) is 2.33. The zero-order chi connectivity index (χ0) is 13.7. The molecule has 0 bridgehead atoms. The predicted molar refractivity (Wildman–Crippen MR) is 74.0 cm³/mol.